The van der Waals surface area contributed by atoms with E-state index in [1.165, 1.54) is 77.1 Å². The van der Waals surface area contributed by atoms with Gasteiger partial charge in [0.15, 0.2) is 5.96 Å². The summed E-state index contributed by atoms with van der Waals surface area (Å²) in [7, 11) is 0. The predicted molar refractivity (Wildman–Crippen MR) is 118 cm³/mol. The summed E-state index contributed by atoms with van der Waals surface area (Å²) in [4.78, 5) is 10.3. The molecule has 25 heavy (non-hydrogen) atoms. The SMILES string of the molecule is CCCC1(C)CCCN(C(=NCC2CCN(C3CC3)C2)NCC)C1.I. The second kappa shape index (κ2) is 9.77. The van der Waals surface area contributed by atoms with Crippen LogP contribution >= 0.6 is 24.0 Å². The van der Waals surface area contributed by atoms with Gasteiger partial charge in [0.1, 0.15) is 0 Å². The average Bonchev–Trinajstić information content (AvgIpc) is 3.30. The third-order valence-electron chi connectivity index (χ3n) is 6.15. The zero-order valence-corrected chi connectivity index (χ0v) is 18.9. The molecule has 4 nitrogen and oxygen atoms in total. The lowest BCUT2D eigenvalue weighted by Gasteiger charge is -2.42. The van der Waals surface area contributed by atoms with Crippen molar-refractivity contribution in [1.29, 1.82) is 0 Å². The summed E-state index contributed by atoms with van der Waals surface area (Å²) in [5, 5.41) is 3.56. The highest BCUT2D eigenvalue weighted by Crippen LogP contribution is 2.34. The Morgan fingerprint density at radius 1 is 1.20 bits per heavy atom. The number of hydrogen-bond acceptors (Lipinski definition) is 2. The number of aliphatic imine (C=N–C) groups is 1. The Hall–Kier alpha value is -0.0400. The largest absolute Gasteiger partial charge is 0.357 e. The number of nitrogens with zero attached hydrogens (tertiary/aromatic N) is 3. The van der Waals surface area contributed by atoms with Crippen LogP contribution in [0, 0.1) is 11.3 Å². The fourth-order valence-corrected chi connectivity index (χ4v) is 4.73. The highest BCUT2D eigenvalue weighted by atomic mass is 127. The van der Waals surface area contributed by atoms with Gasteiger partial charge in [-0.15, -0.1) is 24.0 Å². The highest BCUT2D eigenvalue weighted by molar-refractivity contribution is 14.0. The fourth-order valence-electron chi connectivity index (χ4n) is 4.73. The Labute approximate surface area is 172 Å². The van der Waals surface area contributed by atoms with E-state index in [9.17, 15) is 0 Å². The Morgan fingerprint density at radius 2 is 2.00 bits per heavy atom. The Balaban J connectivity index is 0.00000225. The first-order chi connectivity index (χ1) is 11.6. The lowest BCUT2D eigenvalue weighted by atomic mass is 9.78. The number of guanidine groups is 1. The van der Waals surface area contributed by atoms with Crippen molar-refractivity contribution >= 4 is 29.9 Å². The molecule has 0 aromatic heterocycles. The predicted octanol–water partition coefficient (Wildman–Crippen LogP) is 3.96. The molecule has 2 aliphatic heterocycles. The first kappa shape index (κ1) is 21.3. The minimum absolute atomic E-state index is 0. The standard InChI is InChI=1S/C20H38N4.HI/c1-4-10-20(3)11-6-12-24(16-20)19(21-5-2)22-14-17-9-13-23(15-17)18-7-8-18;/h17-18H,4-16H2,1-3H3,(H,21,22);1H. The molecule has 0 bridgehead atoms. The molecule has 2 saturated heterocycles. The number of halogens is 1. The molecular weight excluding hydrogens is 423 g/mol. The van der Waals surface area contributed by atoms with Crippen LogP contribution in [-0.2, 0) is 0 Å². The topological polar surface area (TPSA) is 30.9 Å². The normalized spacial score (nSPS) is 31.1. The smallest absolute Gasteiger partial charge is 0.193 e. The summed E-state index contributed by atoms with van der Waals surface area (Å²) in [5.74, 6) is 1.94. The van der Waals surface area contributed by atoms with Crippen LogP contribution in [0.15, 0.2) is 4.99 Å². The first-order valence-corrected chi connectivity index (χ1v) is 10.4. The van der Waals surface area contributed by atoms with Gasteiger partial charge in [-0.2, -0.15) is 0 Å². The lowest BCUT2D eigenvalue weighted by Crippen LogP contribution is -2.50. The van der Waals surface area contributed by atoms with E-state index in [-0.39, 0.29) is 24.0 Å². The van der Waals surface area contributed by atoms with Gasteiger partial charge in [0.25, 0.3) is 0 Å². The van der Waals surface area contributed by atoms with Crippen LogP contribution in [0.1, 0.15) is 65.7 Å². The molecule has 1 aliphatic carbocycles. The number of rotatable bonds is 6. The zero-order chi connectivity index (χ0) is 17.0. The van der Waals surface area contributed by atoms with E-state index in [1.807, 2.05) is 0 Å². The number of piperidine rings is 1. The van der Waals surface area contributed by atoms with Gasteiger partial charge in [-0.1, -0.05) is 20.3 Å². The van der Waals surface area contributed by atoms with E-state index in [0.717, 1.165) is 25.0 Å². The minimum Gasteiger partial charge on any atom is -0.357 e. The van der Waals surface area contributed by atoms with Crippen molar-refractivity contribution in [3.05, 3.63) is 0 Å². The molecule has 1 N–H and O–H groups in total. The molecule has 0 aromatic carbocycles. The van der Waals surface area contributed by atoms with Gasteiger partial charge < -0.3 is 15.1 Å². The van der Waals surface area contributed by atoms with Crippen molar-refractivity contribution in [2.45, 2.75) is 71.8 Å². The summed E-state index contributed by atoms with van der Waals surface area (Å²) in [6.07, 6.45) is 9.51. The van der Waals surface area contributed by atoms with Gasteiger partial charge in [-0.3, -0.25) is 4.99 Å². The summed E-state index contributed by atoms with van der Waals surface area (Å²) in [5.41, 5.74) is 0.472. The van der Waals surface area contributed by atoms with Gasteiger partial charge >= 0.3 is 0 Å². The second-order valence-electron chi connectivity index (χ2n) is 8.66. The van der Waals surface area contributed by atoms with Crippen molar-refractivity contribution in [3.8, 4) is 0 Å². The van der Waals surface area contributed by atoms with Crippen molar-refractivity contribution in [2.24, 2.45) is 16.3 Å². The van der Waals surface area contributed by atoms with Crippen molar-refractivity contribution in [2.75, 3.05) is 39.3 Å². The molecule has 0 amide bonds. The Morgan fingerprint density at radius 3 is 2.68 bits per heavy atom. The number of hydrogen-bond donors (Lipinski definition) is 1. The zero-order valence-electron chi connectivity index (χ0n) is 16.6. The third kappa shape index (κ3) is 5.98. The van der Waals surface area contributed by atoms with Crippen LogP contribution in [-0.4, -0.2) is 61.1 Å². The molecule has 2 unspecified atom stereocenters. The first-order valence-electron chi connectivity index (χ1n) is 10.4. The molecule has 5 heteroatoms. The van der Waals surface area contributed by atoms with E-state index in [2.05, 4.69) is 35.9 Å². The molecule has 2 heterocycles. The van der Waals surface area contributed by atoms with Gasteiger partial charge in [0.05, 0.1) is 0 Å². The van der Waals surface area contributed by atoms with Gasteiger partial charge in [-0.25, -0.2) is 0 Å². The summed E-state index contributed by atoms with van der Waals surface area (Å²) in [6.45, 7) is 13.9. The van der Waals surface area contributed by atoms with E-state index in [4.69, 9.17) is 4.99 Å². The molecule has 0 aromatic rings. The monoisotopic (exact) mass is 462 g/mol. The van der Waals surface area contributed by atoms with Crippen molar-refractivity contribution in [1.82, 2.24) is 15.1 Å². The minimum atomic E-state index is 0. The maximum atomic E-state index is 5.06. The number of nitrogens with one attached hydrogen (secondary N) is 1. The molecule has 3 aliphatic rings. The molecule has 3 rings (SSSR count). The van der Waals surface area contributed by atoms with Crippen molar-refractivity contribution < 1.29 is 0 Å². The maximum Gasteiger partial charge on any atom is 0.193 e. The van der Waals surface area contributed by atoms with E-state index in [1.54, 1.807) is 0 Å². The Kier molecular flexibility index (Phi) is 8.31. The van der Waals surface area contributed by atoms with Crippen LogP contribution in [0.3, 0.4) is 0 Å². The highest BCUT2D eigenvalue weighted by Gasteiger charge is 2.35. The molecule has 0 radical (unpaired) electrons. The van der Waals surface area contributed by atoms with Gasteiger partial charge in [0, 0.05) is 38.8 Å². The third-order valence-corrected chi connectivity index (χ3v) is 6.15. The van der Waals surface area contributed by atoms with Crippen LogP contribution in [0.4, 0.5) is 0 Å². The molecule has 3 fully saturated rings. The molecule has 1 saturated carbocycles. The summed E-state index contributed by atoms with van der Waals surface area (Å²) >= 11 is 0. The van der Waals surface area contributed by atoms with Crippen LogP contribution in [0.25, 0.3) is 0 Å². The van der Waals surface area contributed by atoms with Crippen LogP contribution < -0.4 is 5.32 Å². The van der Waals surface area contributed by atoms with Crippen LogP contribution in [0.5, 0.6) is 0 Å². The molecule has 2 atom stereocenters. The Bertz CT molecular complexity index is 433. The summed E-state index contributed by atoms with van der Waals surface area (Å²) < 4.78 is 0. The molecular formula is C20H39IN4. The van der Waals surface area contributed by atoms with Crippen molar-refractivity contribution in [3.63, 3.8) is 0 Å². The van der Waals surface area contributed by atoms with Gasteiger partial charge in [0.2, 0.25) is 0 Å². The van der Waals surface area contributed by atoms with E-state index >= 15 is 0 Å². The van der Waals surface area contributed by atoms with E-state index < -0.39 is 0 Å². The quantitative estimate of drug-likeness (QED) is 0.369. The fraction of sp³-hybridized carbons (Fsp3) is 0.950. The van der Waals surface area contributed by atoms with E-state index in [0.29, 0.717) is 5.41 Å². The summed E-state index contributed by atoms with van der Waals surface area (Å²) in [6, 6.07) is 0.920. The van der Waals surface area contributed by atoms with Gasteiger partial charge in [-0.05, 0) is 63.3 Å². The maximum absolute atomic E-state index is 5.06. The molecule has 146 valence electrons. The second-order valence-corrected chi connectivity index (χ2v) is 8.66. The number of likely N-dealkylation sites (tertiary alicyclic amines) is 2. The van der Waals surface area contributed by atoms with Crippen LogP contribution in [0.2, 0.25) is 0 Å². The molecule has 0 spiro atoms. The average molecular weight is 462 g/mol. The lowest BCUT2D eigenvalue weighted by molar-refractivity contribution is 0.142.